The van der Waals surface area contributed by atoms with Crippen LogP contribution in [-0.4, -0.2) is 15.2 Å². The van der Waals surface area contributed by atoms with Gasteiger partial charge in [-0.05, 0) is 18.2 Å². The Balaban J connectivity index is 2.09. The third-order valence-corrected chi connectivity index (χ3v) is 2.61. The van der Waals surface area contributed by atoms with Gasteiger partial charge in [0.2, 0.25) is 0 Å². The number of benzene rings is 1. The van der Waals surface area contributed by atoms with Crippen molar-refractivity contribution in [2.24, 2.45) is 0 Å². The van der Waals surface area contributed by atoms with Crippen LogP contribution in [0.1, 0.15) is 5.56 Å². The molecule has 0 aliphatic heterocycles. The van der Waals surface area contributed by atoms with Gasteiger partial charge in [-0.3, -0.25) is 4.98 Å². The van der Waals surface area contributed by atoms with Crippen LogP contribution in [0.15, 0.2) is 48.8 Å². The molecule has 90 valence electrons. The number of pyridine rings is 1. The molecule has 0 aliphatic carbocycles. The van der Waals surface area contributed by atoms with Crippen LogP contribution in [-0.2, 0) is 0 Å². The Labute approximate surface area is 109 Å². The predicted octanol–water partition coefficient (Wildman–Crippen LogP) is 2.69. The Kier molecular flexibility index (Phi) is 2.75. The van der Waals surface area contributed by atoms with Gasteiger partial charge >= 0.3 is 0 Å². The number of para-hydroxylation sites is 1. The van der Waals surface area contributed by atoms with E-state index in [2.05, 4.69) is 15.2 Å². The molecule has 0 radical (unpaired) electrons. The topological polar surface area (TPSA) is 71.7 Å². The number of hydrogen-bond acceptors (Lipinski definition) is 5. The zero-order valence-corrected chi connectivity index (χ0v) is 9.82. The minimum Gasteiger partial charge on any atom is -0.434 e. The van der Waals surface area contributed by atoms with Gasteiger partial charge in [-0.15, -0.1) is 5.10 Å². The number of nitrogens with zero attached hydrogens (tertiary/aromatic N) is 4. The number of rotatable bonds is 2. The van der Waals surface area contributed by atoms with Crippen LogP contribution < -0.4 is 4.74 Å². The fraction of sp³-hybridized carbons (Fsp3) is 0. The molecule has 0 saturated heterocycles. The standard InChI is InChI=1S/C14H8N4O/c15-9-11-6-8-17-18-14(11)19-12-5-1-3-10-4-2-7-16-13(10)12/h1-8H. The van der Waals surface area contributed by atoms with Crippen molar-refractivity contribution >= 4 is 10.9 Å². The van der Waals surface area contributed by atoms with Gasteiger partial charge in [0.25, 0.3) is 5.88 Å². The molecule has 0 aliphatic rings. The van der Waals surface area contributed by atoms with E-state index in [4.69, 9.17) is 10.00 Å². The largest absolute Gasteiger partial charge is 0.434 e. The van der Waals surface area contributed by atoms with E-state index in [0.717, 1.165) is 10.9 Å². The lowest BCUT2D eigenvalue weighted by atomic mass is 10.2. The van der Waals surface area contributed by atoms with E-state index < -0.39 is 0 Å². The molecule has 0 N–H and O–H groups in total. The number of aromatic nitrogens is 3. The van der Waals surface area contributed by atoms with Crippen LogP contribution in [0.3, 0.4) is 0 Å². The Morgan fingerprint density at radius 1 is 1.05 bits per heavy atom. The summed E-state index contributed by atoms with van der Waals surface area (Å²) in [5.74, 6) is 0.734. The van der Waals surface area contributed by atoms with E-state index in [1.54, 1.807) is 18.3 Å². The van der Waals surface area contributed by atoms with Gasteiger partial charge < -0.3 is 4.74 Å². The lowest BCUT2D eigenvalue weighted by molar-refractivity contribution is 0.457. The molecule has 1 aromatic carbocycles. The Morgan fingerprint density at radius 2 is 1.95 bits per heavy atom. The monoisotopic (exact) mass is 248 g/mol. The maximum absolute atomic E-state index is 9.00. The van der Waals surface area contributed by atoms with Crippen LogP contribution in [0.4, 0.5) is 0 Å². The van der Waals surface area contributed by atoms with E-state index in [0.29, 0.717) is 11.3 Å². The van der Waals surface area contributed by atoms with Crippen LogP contribution in [0.5, 0.6) is 11.6 Å². The summed E-state index contributed by atoms with van der Waals surface area (Å²) in [6.45, 7) is 0. The summed E-state index contributed by atoms with van der Waals surface area (Å²) in [6, 6.07) is 13.0. The van der Waals surface area contributed by atoms with Gasteiger partial charge in [0.1, 0.15) is 17.1 Å². The minimum absolute atomic E-state index is 0.183. The highest BCUT2D eigenvalue weighted by molar-refractivity contribution is 5.84. The average molecular weight is 248 g/mol. The van der Waals surface area contributed by atoms with Gasteiger partial charge in [0, 0.05) is 11.6 Å². The highest BCUT2D eigenvalue weighted by atomic mass is 16.5. The number of ether oxygens (including phenoxy) is 1. The van der Waals surface area contributed by atoms with Crippen LogP contribution >= 0.6 is 0 Å². The molecule has 0 fully saturated rings. The predicted molar refractivity (Wildman–Crippen MR) is 68.6 cm³/mol. The molecule has 19 heavy (non-hydrogen) atoms. The summed E-state index contributed by atoms with van der Waals surface area (Å²) in [6.07, 6.45) is 3.14. The summed E-state index contributed by atoms with van der Waals surface area (Å²) in [5.41, 5.74) is 1.06. The molecule has 5 heteroatoms. The fourth-order valence-corrected chi connectivity index (χ4v) is 1.74. The summed E-state index contributed by atoms with van der Waals surface area (Å²) in [5, 5.41) is 17.5. The van der Waals surface area contributed by atoms with E-state index >= 15 is 0 Å². The summed E-state index contributed by atoms with van der Waals surface area (Å²) >= 11 is 0. The first kappa shape index (κ1) is 11.1. The third-order valence-electron chi connectivity index (χ3n) is 2.61. The van der Waals surface area contributed by atoms with Crippen molar-refractivity contribution in [1.29, 1.82) is 5.26 Å². The maximum atomic E-state index is 9.00. The number of fused-ring (bicyclic) bond motifs is 1. The quantitative estimate of drug-likeness (QED) is 0.697. The SMILES string of the molecule is N#Cc1ccnnc1Oc1cccc2cccnc12. The summed E-state index contributed by atoms with van der Waals surface area (Å²) < 4.78 is 5.66. The lowest BCUT2D eigenvalue weighted by Gasteiger charge is -2.07. The number of nitriles is 1. The normalized spacial score (nSPS) is 10.1. The van der Waals surface area contributed by atoms with E-state index in [1.807, 2.05) is 30.3 Å². The van der Waals surface area contributed by atoms with E-state index in [9.17, 15) is 0 Å². The molecule has 0 bridgehead atoms. The Hall–Kier alpha value is -3.00. The fourth-order valence-electron chi connectivity index (χ4n) is 1.74. The maximum Gasteiger partial charge on any atom is 0.257 e. The van der Waals surface area contributed by atoms with Gasteiger partial charge in [-0.2, -0.15) is 10.4 Å². The minimum atomic E-state index is 0.183. The first-order chi connectivity index (χ1) is 9.38. The van der Waals surface area contributed by atoms with E-state index in [-0.39, 0.29) is 5.88 Å². The zero-order chi connectivity index (χ0) is 13.1. The average Bonchev–Trinajstić information content (AvgIpc) is 2.48. The second-order valence-corrected chi connectivity index (χ2v) is 3.80. The molecule has 2 heterocycles. The van der Waals surface area contributed by atoms with Crippen LogP contribution in [0, 0.1) is 11.3 Å². The first-order valence-corrected chi connectivity index (χ1v) is 5.62. The van der Waals surface area contributed by atoms with Crippen molar-refractivity contribution in [1.82, 2.24) is 15.2 Å². The van der Waals surface area contributed by atoms with Gasteiger partial charge in [-0.25, -0.2) is 0 Å². The highest BCUT2D eigenvalue weighted by Crippen LogP contribution is 2.28. The molecular formula is C14H8N4O. The molecule has 5 nitrogen and oxygen atoms in total. The second kappa shape index (κ2) is 4.70. The zero-order valence-electron chi connectivity index (χ0n) is 9.82. The molecular weight excluding hydrogens is 240 g/mol. The molecule has 3 rings (SSSR count). The van der Waals surface area contributed by atoms with Crippen molar-refractivity contribution < 1.29 is 4.74 Å². The molecule has 0 spiro atoms. The molecule has 2 aromatic heterocycles. The lowest BCUT2D eigenvalue weighted by Crippen LogP contribution is -1.94. The Bertz CT molecular complexity index is 774. The van der Waals surface area contributed by atoms with Crippen molar-refractivity contribution in [2.75, 3.05) is 0 Å². The van der Waals surface area contributed by atoms with Crippen molar-refractivity contribution in [3.63, 3.8) is 0 Å². The third kappa shape index (κ3) is 2.07. The molecule has 0 saturated carbocycles. The van der Waals surface area contributed by atoms with Gasteiger partial charge in [-0.1, -0.05) is 18.2 Å². The van der Waals surface area contributed by atoms with Crippen LogP contribution in [0.2, 0.25) is 0 Å². The smallest absolute Gasteiger partial charge is 0.257 e. The van der Waals surface area contributed by atoms with Crippen molar-refractivity contribution in [3.05, 3.63) is 54.4 Å². The second-order valence-electron chi connectivity index (χ2n) is 3.80. The van der Waals surface area contributed by atoms with Crippen molar-refractivity contribution in [2.45, 2.75) is 0 Å². The van der Waals surface area contributed by atoms with E-state index in [1.165, 1.54) is 6.20 Å². The first-order valence-electron chi connectivity index (χ1n) is 5.62. The molecule has 0 atom stereocenters. The highest BCUT2D eigenvalue weighted by Gasteiger charge is 2.09. The molecule has 0 unspecified atom stereocenters. The summed E-state index contributed by atoms with van der Waals surface area (Å²) in [7, 11) is 0. The number of hydrogen-bond donors (Lipinski definition) is 0. The van der Waals surface area contributed by atoms with Crippen molar-refractivity contribution in [3.8, 4) is 17.7 Å². The van der Waals surface area contributed by atoms with Gasteiger partial charge in [0.05, 0.1) is 6.20 Å². The summed E-state index contributed by atoms with van der Waals surface area (Å²) in [4.78, 5) is 4.28. The molecule has 0 amide bonds. The molecule has 3 aromatic rings. The van der Waals surface area contributed by atoms with Gasteiger partial charge in [0.15, 0.2) is 5.75 Å². The van der Waals surface area contributed by atoms with Crippen LogP contribution in [0.25, 0.3) is 10.9 Å². The Morgan fingerprint density at radius 3 is 2.84 bits per heavy atom.